The summed E-state index contributed by atoms with van der Waals surface area (Å²) in [5.41, 5.74) is 26.1. The lowest BCUT2D eigenvalue weighted by molar-refractivity contribution is -0.237. The van der Waals surface area contributed by atoms with Crippen molar-refractivity contribution in [3.63, 3.8) is 0 Å². The number of hydrogen-bond donors (Lipinski definition) is 4. The molecule has 0 saturated carbocycles. The van der Waals surface area contributed by atoms with Crippen LogP contribution in [0.2, 0.25) is 0 Å². The van der Waals surface area contributed by atoms with Gasteiger partial charge in [-0.05, 0) is 79.1 Å². The molecule has 0 aliphatic carbocycles. The largest absolute Gasteiger partial charge is 0.374 e. The van der Waals surface area contributed by atoms with Crippen molar-refractivity contribution in [3.05, 3.63) is 0 Å². The van der Waals surface area contributed by atoms with E-state index in [2.05, 4.69) is 0 Å². The van der Waals surface area contributed by atoms with Crippen LogP contribution >= 0.6 is 0 Å². The average Bonchev–Trinajstić information content (AvgIpc) is 3.14. The summed E-state index contributed by atoms with van der Waals surface area (Å²) in [5.74, 6) is 0. The Morgan fingerprint density at radius 3 is 0.643 bits per heavy atom. The van der Waals surface area contributed by atoms with E-state index < -0.39 is 0 Å². The highest BCUT2D eigenvalue weighted by Gasteiger charge is 2.39. The molecule has 0 unspecified atom stereocenters. The van der Waals surface area contributed by atoms with E-state index in [4.69, 9.17) is 79.8 Å². The summed E-state index contributed by atoms with van der Waals surface area (Å²) in [6, 6.07) is -0.687. The van der Waals surface area contributed by atoms with E-state index in [9.17, 15) is 0 Å². The Hall–Kier alpha value is -0.640. The van der Waals surface area contributed by atoms with Crippen molar-refractivity contribution in [3.8, 4) is 0 Å². The molecular formula is C40H76N4O12. The van der Waals surface area contributed by atoms with Gasteiger partial charge in [-0.1, -0.05) is 0 Å². The highest BCUT2D eigenvalue weighted by Crippen LogP contribution is 2.27. The number of hydrogen-bond acceptors (Lipinski definition) is 16. The first-order valence-corrected chi connectivity index (χ1v) is 21.7. The van der Waals surface area contributed by atoms with Crippen LogP contribution in [0.5, 0.6) is 0 Å². The number of nitrogens with two attached hydrogens (primary N) is 4. The molecule has 14 heterocycles. The minimum absolute atomic E-state index is 0.172. The fourth-order valence-electron chi connectivity index (χ4n) is 8.33. The van der Waals surface area contributed by atoms with E-state index >= 15 is 0 Å². The zero-order chi connectivity index (χ0) is 39.9. The Labute approximate surface area is 335 Å². The molecule has 8 bridgehead atoms. The van der Waals surface area contributed by atoms with Gasteiger partial charge in [-0.3, -0.25) is 0 Å². The summed E-state index contributed by atoms with van der Waals surface area (Å²) in [7, 11) is 0. The second-order valence-electron chi connectivity index (χ2n) is 16.3. The third kappa shape index (κ3) is 14.8. The predicted octanol–water partition coefficient (Wildman–Crippen LogP) is 2.58. The zero-order valence-corrected chi connectivity index (χ0v) is 34.6. The molecule has 0 amide bonds. The van der Waals surface area contributed by atoms with Gasteiger partial charge in [-0.15, -0.1) is 0 Å². The first-order valence-electron chi connectivity index (χ1n) is 21.7. The van der Waals surface area contributed by atoms with Crippen LogP contribution in [-0.2, 0) is 56.8 Å². The van der Waals surface area contributed by atoms with E-state index in [1.165, 1.54) is 0 Å². The Bertz CT molecular complexity index is 865. The zero-order valence-electron chi connectivity index (χ0n) is 34.6. The minimum Gasteiger partial charge on any atom is -0.374 e. The van der Waals surface area contributed by atoms with E-state index in [1.807, 2.05) is 27.7 Å². The fraction of sp³-hybridized carbons (Fsp3) is 1.00. The molecule has 328 valence electrons. The molecule has 0 aromatic rings. The topological polar surface area (TPSA) is 215 Å². The maximum atomic E-state index is 6.52. The lowest BCUT2D eigenvalue weighted by Gasteiger charge is -2.39. The first-order chi connectivity index (χ1) is 27.1. The summed E-state index contributed by atoms with van der Waals surface area (Å²) >= 11 is 0. The van der Waals surface area contributed by atoms with Crippen LogP contribution in [-0.4, -0.2) is 151 Å². The van der Waals surface area contributed by atoms with Gasteiger partial charge in [0.15, 0.2) is 25.2 Å². The second kappa shape index (κ2) is 24.6. The van der Waals surface area contributed by atoms with Crippen LogP contribution < -0.4 is 22.9 Å². The SMILES string of the molecule is C[C@@H]1O[C@@H]2C[C@@H]([15NH2])[C@H]1OCCCCO[C@@H]1[C@H]([15NH2])C[C@H](OCCCCO[C@H]3C[C@@H]([15NH2])[C@@H](OCCCCO[C@@H]4[C@H]([15NH2])C[C@H](OCCCCO2)O[C@H]4C)[C@H](C)O3)O[C@H]1C. The van der Waals surface area contributed by atoms with E-state index in [1.54, 1.807) is 0 Å². The Morgan fingerprint density at radius 1 is 0.286 bits per heavy atom. The maximum Gasteiger partial charge on any atom is 0.159 e. The second-order valence-corrected chi connectivity index (χ2v) is 16.3. The third-order valence-electron chi connectivity index (χ3n) is 11.5. The monoisotopic (exact) mass is 809 g/mol. The van der Waals surface area contributed by atoms with Crippen LogP contribution in [0.4, 0.5) is 0 Å². The van der Waals surface area contributed by atoms with E-state index in [0.29, 0.717) is 78.5 Å². The van der Waals surface area contributed by atoms with Gasteiger partial charge in [0, 0.05) is 103 Å². The molecule has 56 heavy (non-hydrogen) atoms. The van der Waals surface area contributed by atoms with Gasteiger partial charge in [0.05, 0.1) is 48.8 Å². The Balaban J connectivity index is 1.05. The summed E-state index contributed by atoms with van der Waals surface area (Å²) < 4.78 is 73.3. The molecule has 0 aromatic carbocycles. The van der Waals surface area contributed by atoms with Crippen molar-refractivity contribution in [1.29, 1.82) is 0 Å². The molecule has 16 nitrogen and oxygen atoms in total. The summed E-state index contributed by atoms with van der Waals surface area (Å²) in [6.45, 7) is 12.5. The van der Waals surface area contributed by atoms with Crippen LogP contribution in [0.3, 0.4) is 0 Å². The smallest absolute Gasteiger partial charge is 0.159 e. The third-order valence-corrected chi connectivity index (χ3v) is 11.5. The van der Waals surface area contributed by atoms with Crippen molar-refractivity contribution in [2.75, 3.05) is 52.9 Å². The van der Waals surface area contributed by atoms with Gasteiger partial charge >= 0.3 is 0 Å². The predicted molar refractivity (Wildman–Crippen MR) is 207 cm³/mol. The van der Waals surface area contributed by atoms with Gasteiger partial charge in [0.2, 0.25) is 0 Å². The van der Waals surface area contributed by atoms with Crippen molar-refractivity contribution in [1.82, 2.24) is 0 Å². The number of rotatable bonds is 0. The summed E-state index contributed by atoms with van der Waals surface area (Å²) in [4.78, 5) is 0. The molecule has 16 atom stereocenters. The van der Waals surface area contributed by atoms with Gasteiger partial charge in [0.1, 0.15) is 0 Å². The standard InChI is InChI=1S/C40H76N4O12/c1-25-37-29(41)21-33(53-25)45-13-5-6-14-46-34-23-31(43)39(27(3)55-34)51-19-11-12-20-52-40-28(4)56-36(24-32(40)44)48-16-8-7-15-47-35-22-30(42)38(26(2)54-35)50-18-10-9-17-49-37/h25-40H,5-24,41-44H2,1-4H3/t25-,26-,27-,28-,29+,30+,31+,32+,33+,34+,35+,36+,37-,38-,39-,40-/m0/s1/i41+1,42+1,43+1,44+1. The highest BCUT2D eigenvalue weighted by atomic mass is 16.7. The molecular weight excluding hydrogens is 732 g/mol. The van der Waals surface area contributed by atoms with Gasteiger partial charge in [-0.25, -0.2) is 0 Å². The van der Waals surface area contributed by atoms with Crippen molar-refractivity contribution in [2.24, 2.45) is 22.9 Å². The Morgan fingerprint density at radius 2 is 0.464 bits per heavy atom. The van der Waals surface area contributed by atoms with Crippen molar-refractivity contribution < 1.29 is 56.8 Å². The fourth-order valence-corrected chi connectivity index (χ4v) is 8.33. The lowest BCUT2D eigenvalue weighted by Crippen LogP contribution is -2.53. The van der Waals surface area contributed by atoms with Crippen LogP contribution in [0.25, 0.3) is 0 Å². The van der Waals surface area contributed by atoms with Gasteiger partial charge < -0.3 is 79.8 Å². The molecule has 0 spiro atoms. The highest BCUT2D eigenvalue weighted by molar-refractivity contribution is 4.88. The maximum absolute atomic E-state index is 6.52. The Kier molecular flexibility index (Phi) is 20.4. The lowest BCUT2D eigenvalue weighted by atomic mass is 10.0. The number of ether oxygens (including phenoxy) is 12. The van der Waals surface area contributed by atoms with Crippen molar-refractivity contribution >= 4 is 0 Å². The van der Waals surface area contributed by atoms with E-state index in [-0.39, 0.29) is 98.2 Å². The minimum atomic E-state index is -0.353. The normalized spacial score (nSPS) is 45.0. The first kappa shape index (κ1) is 46.4. The molecule has 0 radical (unpaired) electrons. The molecule has 16 heteroatoms. The molecule has 14 aliphatic rings. The van der Waals surface area contributed by atoms with Gasteiger partial charge in [0.25, 0.3) is 0 Å². The average molecular weight is 809 g/mol. The summed E-state index contributed by atoms with van der Waals surface area (Å²) in [6.07, 6.45) is 6.12. The van der Waals surface area contributed by atoms with Gasteiger partial charge in [-0.2, -0.15) is 0 Å². The van der Waals surface area contributed by atoms with Crippen LogP contribution in [0.1, 0.15) is 105 Å². The molecule has 14 rings (SSSR count). The molecule has 14 saturated heterocycles. The van der Waals surface area contributed by atoms with E-state index in [0.717, 1.165) is 51.4 Å². The molecule has 8 N–H and O–H groups in total. The molecule has 14 aliphatic heterocycles. The van der Waals surface area contributed by atoms with Crippen LogP contribution in [0, 0.1) is 0 Å². The van der Waals surface area contributed by atoms with Crippen LogP contribution in [0.15, 0.2) is 0 Å². The summed E-state index contributed by atoms with van der Waals surface area (Å²) in [5, 5.41) is 0. The quantitative estimate of drug-likeness (QED) is 0.259. The molecule has 14 fully saturated rings. The van der Waals surface area contributed by atoms with Crippen molar-refractivity contribution in [2.45, 2.75) is 203 Å². The molecule has 0 aromatic heterocycles.